The first-order valence-electron chi connectivity index (χ1n) is 7.32. The molecule has 0 aliphatic heterocycles. The van der Waals surface area contributed by atoms with Crippen LogP contribution < -0.4 is 5.46 Å². The van der Waals surface area contributed by atoms with Crippen LogP contribution in [0.25, 0.3) is 22.7 Å². The average Bonchev–Trinajstić information content (AvgIpc) is 2.80. The predicted molar refractivity (Wildman–Crippen MR) is 92.5 cm³/mol. The first-order chi connectivity index (χ1) is 10.6. The zero-order valence-corrected chi connectivity index (χ0v) is 12.7. The van der Waals surface area contributed by atoms with Crippen LogP contribution in [-0.2, 0) is 0 Å². The average molecular weight is 291 g/mol. The fourth-order valence-electron chi connectivity index (χ4n) is 2.90. The van der Waals surface area contributed by atoms with Gasteiger partial charge in [0, 0.05) is 22.3 Å². The minimum atomic E-state index is -1.44. The first-order valence-corrected chi connectivity index (χ1v) is 7.32. The van der Waals surface area contributed by atoms with Gasteiger partial charge in [0.1, 0.15) is 0 Å². The number of aromatic nitrogens is 1. The maximum Gasteiger partial charge on any atom is 0.488 e. The molecule has 4 heteroatoms. The van der Waals surface area contributed by atoms with Crippen molar-refractivity contribution in [3.63, 3.8) is 0 Å². The Labute approximate surface area is 130 Å². The van der Waals surface area contributed by atoms with Crippen molar-refractivity contribution in [2.24, 2.45) is 0 Å². The van der Waals surface area contributed by atoms with E-state index in [1.54, 1.807) is 12.1 Å². The van der Waals surface area contributed by atoms with E-state index in [0.29, 0.717) is 5.46 Å². The topological polar surface area (TPSA) is 45.4 Å². The summed E-state index contributed by atoms with van der Waals surface area (Å²) in [6, 6.07) is 15.6. The molecular weight excluding hydrogens is 273 g/mol. The number of nitrogens with zero attached hydrogens (tertiary/aromatic N) is 1. The van der Waals surface area contributed by atoms with Crippen LogP contribution in [0.15, 0.2) is 54.6 Å². The van der Waals surface area contributed by atoms with Gasteiger partial charge in [0.25, 0.3) is 0 Å². The Hall–Kier alpha value is -2.30. The summed E-state index contributed by atoms with van der Waals surface area (Å²) in [6.07, 6.45) is 4.17. The lowest BCUT2D eigenvalue weighted by Crippen LogP contribution is -2.29. The summed E-state index contributed by atoms with van der Waals surface area (Å²) >= 11 is 0. The smallest absolute Gasteiger partial charge is 0.423 e. The van der Waals surface area contributed by atoms with Gasteiger partial charge < -0.3 is 14.6 Å². The molecule has 0 spiro atoms. The van der Waals surface area contributed by atoms with Crippen molar-refractivity contribution >= 4 is 29.6 Å². The van der Waals surface area contributed by atoms with Crippen molar-refractivity contribution in [3.05, 3.63) is 65.9 Å². The number of para-hydroxylation sites is 1. The fourth-order valence-corrected chi connectivity index (χ4v) is 2.90. The molecule has 3 rings (SSSR count). The van der Waals surface area contributed by atoms with Gasteiger partial charge >= 0.3 is 7.12 Å². The molecule has 0 fully saturated rings. The second kappa shape index (κ2) is 5.83. The molecular formula is C18H18BNO2. The highest BCUT2D eigenvalue weighted by atomic mass is 16.4. The molecule has 3 nitrogen and oxygen atoms in total. The Morgan fingerprint density at radius 2 is 1.68 bits per heavy atom. The van der Waals surface area contributed by atoms with E-state index in [1.165, 1.54) is 10.9 Å². The highest BCUT2D eigenvalue weighted by Crippen LogP contribution is 2.29. The minimum Gasteiger partial charge on any atom is -0.423 e. The normalized spacial score (nSPS) is 11.5. The van der Waals surface area contributed by atoms with E-state index in [-0.39, 0.29) is 0 Å². The second-order valence-corrected chi connectivity index (χ2v) is 5.32. The minimum absolute atomic E-state index is 0.492. The van der Waals surface area contributed by atoms with E-state index < -0.39 is 7.12 Å². The van der Waals surface area contributed by atoms with Gasteiger partial charge in [0.05, 0.1) is 5.52 Å². The molecule has 0 amide bonds. The standard InChI is InChI=1S/C18H18BNO2/c1-3-6-16-13(2)20(18-8-5-4-7-17(16)18)15-11-9-14(10-12-15)19(21)22/h3-12,21-22H,1-2H3/b6-3-. The summed E-state index contributed by atoms with van der Waals surface area (Å²) in [5, 5.41) is 19.7. The third-order valence-electron chi connectivity index (χ3n) is 3.94. The summed E-state index contributed by atoms with van der Waals surface area (Å²) < 4.78 is 2.19. The number of rotatable bonds is 3. The molecule has 0 aliphatic rings. The SMILES string of the molecule is C/C=C\c1c(C)n(-c2ccc(B(O)O)cc2)c2ccccc12. The molecule has 1 aromatic heterocycles. The summed E-state index contributed by atoms with van der Waals surface area (Å²) in [6.45, 7) is 4.12. The molecule has 110 valence electrons. The van der Waals surface area contributed by atoms with Crippen LogP contribution in [0.5, 0.6) is 0 Å². The lowest BCUT2D eigenvalue weighted by Gasteiger charge is -2.09. The maximum absolute atomic E-state index is 9.23. The van der Waals surface area contributed by atoms with Crippen molar-refractivity contribution in [1.82, 2.24) is 4.57 Å². The summed E-state index contributed by atoms with van der Waals surface area (Å²) in [5.74, 6) is 0. The van der Waals surface area contributed by atoms with Gasteiger partial charge in [-0.2, -0.15) is 0 Å². The molecule has 2 aromatic carbocycles. The largest absolute Gasteiger partial charge is 0.488 e. The predicted octanol–water partition coefficient (Wildman–Crippen LogP) is 2.65. The van der Waals surface area contributed by atoms with Gasteiger partial charge in [-0.1, -0.05) is 42.5 Å². The molecule has 22 heavy (non-hydrogen) atoms. The van der Waals surface area contributed by atoms with Gasteiger partial charge in [-0.05, 0) is 37.5 Å². The molecule has 2 N–H and O–H groups in total. The van der Waals surface area contributed by atoms with Gasteiger partial charge in [0.15, 0.2) is 0 Å². The number of benzene rings is 2. The van der Waals surface area contributed by atoms with Gasteiger partial charge in [0.2, 0.25) is 0 Å². The Kier molecular flexibility index (Phi) is 3.88. The number of hydrogen-bond donors (Lipinski definition) is 2. The number of allylic oxidation sites excluding steroid dienone is 1. The molecule has 0 atom stereocenters. The molecule has 0 saturated carbocycles. The van der Waals surface area contributed by atoms with E-state index in [9.17, 15) is 10.0 Å². The highest BCUT2D eigenvalue weighted by molar-refractivity contribution is 6.58. The van der Waals surface area contributed by atoms with E-state index >= 15 is 0 Å². The number of hydrogen-bond acceptors (Lipinski definition) is 2. The lowest BCUT2D eigenvalue weighted by molar-refractivity contribution is 0.426. The Morgan fingerprint density at radius 3 is 2.32 bits per heavy atom. The van der Waals surface area contributed by atoms with E-state index in [1.807, 2.05) is 37.3 Å². The monoisotopic (exact) mass is 291 g/mol. The zero-order valence-electron chi connectivity index (χ0n) is 12.7. The Bertz CT molecular complexity index is 832. The van der Waals surface area contributed by atoms with Crippen molar-refractivity contribution in [2.75, 3.05) is 0 Å². The molecule has 0 aliphatic carbocycles. The van der Waals surface area contributed by atoms with Gasteiger partial charge in [-0.3, -0.25) is 0 Å². The molecule has 1 heterocycles. The third-order valence-corrected chi connectivity index (χ3v) is 3.94. The van der Waals surface area contributed by atoms with Crippen LogP contribution in [-0.4, -0.2) is 21.7 Å². The zero-order chi connectivity index (χ0) is 15.7. The molecule has 0 radical (unpaired) electrons. The van der Waals surface area contributed by atoms with Crippen LogP contribution in [0, 0.1) is 6.92 Å². The van der Waals surface area contributed by atoms with Crippen LogP contribution in [0.2, 0.25) is 0 Å². The highest BCUT2D eigenvalue weighted by Gasteiger charge is 2.14. The third kappa shape index (κ3) is 2.37. The molecule has 0 unspecified atom stereocenters. The first kappa shape index (κ1) is 14.6. The van der Waals surface area contributed by atoms with Gasteiger partial charge in [-0.25, -0.2) is 0 Å². The summed E-state index contributed by atoms with van der Waals surface area (Å²) in [4.78, 5) is 0. The molecule has 0 saturated heterocycles. The Morgan fingerprint density at radius 1 is 1.00 bits per heavy atom. The van der Waals surface area contributed by atoms with Gasteiger partial charge in [-0.15, -0.1) is 0 Å². The van der Waals surface area contributed by atoms with Crippen LogP contribution in [0.1, 0.15) is 18.2 Å². The van der Waals surface area contributed by atoms with Crippen LogP contribution in [0.4, 0.5) is 0 Å². The van der Waals surface area contributed by atoms with Crippen LogP contribution in [0.3, 0.4) is 0 Å². The fraction of sp³-hybridized carbons (Fsp3) is 0.111. The quantitative estimate of drug-likeness (QED) is 0.729. The molecule has 0 bridgehead atoms. The van der Waals surface area contributed by atoms with Crippen LogP contribution >= 0.6 is 0 Å². The lowest BCUT2D eigenvalue weighted by atomic mass is 9.80. The second-order valence-electron chi connectivity index (χ2n) is 5.32. The maximum atomic E-state index is 9.23. The van der Waals surface area contributed by atoms with Crippen molar-refractivity contribution < 1.29 is 10.0 Å². The van der Waals surface area contributed by atoms with Crippen molar-refractivity contribution in [1.29, 1.82) is 0 Å². The summed E-state index contributed by atoms with van der Waals surface area (Å²) in [5.41, 5.74) is 5.02. The number of fused-ring (bicyclic) bond motifs is 1. The van der Waals surface area contributed by atoms with E-state index in [0.717, 1.165) is 16.9 Å². The van der Waals surface area contributed by atoms with Crippen molar-refractivity contribution in [3.8, 4) is 5.69 Å². The van der Waals surface area contributed by atoms with Crippen molar-refractivity contribution in [2.45, 2.75) is 13.8 Å². The Balaban J connectivity index is 2.24. The molecule has 3 aromatic rings. The van der Waals surface area contributed by atoms with E-state index in [2.05, 4.69) is 29.7 Å². The summed E-state index contributed by atoms with van der Waals surface area (Å²) in [7, 11) is -1.44. The van der Waals surface area contributed by atoms with E-state index in [4.69, 9.17) is 0 Å².